The summed E-state index contributed by atoms with van der Waals surface area (Å²) >= 11 is 5.89. The maximum Gasteiger partial charge on any atom is 0.284 e. The van der Waals surface area contributed by atoms with E-state index in [1.165, 1.54) is 37.7 Å². The summed E-state index contributed by atoms with van der Waals surface area (Å²) < 4.78 is 44.3. The number of ether oxygens (including phenoxy) is 3. The Morgan fingerprint density at radius 3 is 2.78 bits per heavy atom. The predicted octanol–water partition coefficient (Wildman–Crippen LogP) is 4.32. The van der Waals surface area contributed by atoms with Crippen molar-refractivity contribution in [2.75, 3.05) is 63.8 Å². The Morgan fingerprint density at radius 1 is 1.22 bits per heavy atom. The number of hydrogen-bond donors (Lipinski definition) is 2. The lowest BCUT2D eigenvalue weighted by Gasteiger charge is -2.25. The Balaban J connectivity index is 1.61. The molecule has 1 fully saturated rings. The van der Waals surface area contributed by atoms with Crippen LogP contribution >= 0.6 is 11.6 Å². The van der Waals surface area contributed by atoms with Gasteiger partial charge in [0.25, 0.3) is 5.91 Å². The van der Waals surface area contributed by atoms with Gasteiger partial charge in [-0.15, -0.1) is 0 Å². The molecular weight excluding hydrogens is 508 g/mol. The number of rotatable bonds is 10. The van der Waals surface area contributed by atoms with E-state index < -0.39 is 17.6 Å². The number of anilines is 3. The van der Waals surface area contributed by atoms with Crippen LogP contribution in [0.1, 0.15) is 0 Å². The van der Waals surface area contributed by atoms with Crippen molar-refractivity contribution in [3.63, 3.8) is 0 Å². The molecule has 9 nitrogen and oxygen atoms in total. The molecule has 0 unspecified atom stereocenters. The van der Waals surface area contributed by atoms with Crippen molar-refractivity contribution in [2.24, 2.45) is 0 Å². The van der Waals surface area contributed by atoms with Crippen LogP contribution < -0.4 is 15.4 Å². The Kier molecular flexibility index (Phi) is 9.18. The second-order valence-corrected chi connectivity index (χ2v) is 8.51. The van der Waals surface area contributed by atoms with Crippen molar-refractivity contribution < 1.29 is 27.8 Å². The highest BCUT2D eigenvalue weighted by Crippen LogP contribution is 2.34. The van der Waals surface area contributed by atoms with Gasteiger partial charge in [0.15, 0.2) is 5.83 Å². The zero-order valence-electron chi connectivity index (χ0n) is 20.1. The monoisotopic (exact) mass is 533 g/mol. The molecule has 1 amide bonds. The van der Waals surface area contributed by atoms with Crippen LogP contribution in [0.2, 0.25) is 5.02 Å². The minimum absolute atomic E-state index is 0.0514. The summed E-state index contributed by atoms with van der Waals surface area (Å²) in [6, 6.07) is 7.35. The van der Waals surface area contributed by atoms with Crippen LogP contribution in [0.25, 0.3) is 10.9 Å². The maximum atomic E-state index is 14.7. The van der Waals surface area contributed by atoms with Crippen LogP contribution in [0.3, 0.4) is 0 Å². The number of nitrogens with one attached hydrogen (secondary N) is 2. The van der Waals surface area contributed by atoms with Gasteiger partial charge in [-0.2, -0.15) is 0 Å². The summed E-state index contributed by atoms with van der Waals surface area (Å²) in [6.07, 6.45) is 2.59. The number of carbonyl (C=O) groups is 1. The largest absolute Gasteiger partial charge is 0.489 e. The van der Waals surface area contributed by atoms with Gasteiger partial charge in [-0.3, -0.25) is 9.69 Å². The van der Waals surface area contributed by atoms with Crippen molar-refractivity contribution in [1.29, 1.82) is 0 Å². The highest BCUT2D eigenvalue weighted by molar-refractivity contribution is 6.31. The van der Waals surface area contributed by atoms with E-state index in [0.29, 0.717) is 61.9 Å². The van der Waals surface area contributed by atoms with Gasteiger partial charge in [-0.1, -0.05) is 11.6 Å². The Hall–Kier alpha value is -3.38. The van der Waals surface area contributed by atoms with Gasteiger partial charge < -0.3 is 24.8 Å². The van der Waals surface area contributed by atoms with Crippen LogP contribution in [0.15, 0.2) is 48.6 Å². The Bertz CT molecular complexity index is 1290. The third-order valence-corrected chi connectivity index (χ3v) is 5.85. The van der Waals surface area contributed by atoms with Crippen LogP contribution in [-0.4, -0.2) is 73.9 Å². The average molecular weight is 534 g/mol. The third kappa shape index (κ3) is 7.10. The lowest BCUT2D eigenvalue weighted by molar-refractivity contribution is -0.114. The average Bonchev–Trinajstić information content (AvgIpc) is 2.90. The molecule has 37 heavy (non-hydrogen) atoms. The first-order valence-corrected chi connectivity index (χ1v) is 11.9. The van der Waals surface area contributed by atoms with Crippen molar-refractivity contribution in [3.8, 4) is 5.75 Å². The van der Waals surface area contributed by atoms with E-state index in [-0.39, 0.29) is 23.1 Å². The van der Waals surface area contributed by atoms with E-state index >= 15 is 0 Å². The number of fused-ring (bicyclic) bond motifs is 1. The van der Waals surface area contributed by atoms with Gasteiger partial charge in [0.05, 0.1) is 36.0 Å². The molecule has 0 bridgehead atoms. The quantitative estimate of drug-likeness (QED) is 0.294. The number of amides is 1. The van der Waals surface area contributed by atoms with Gasteiger partial charge in [0, 0.05) is 43.9 Å². The maximum absolute atomic E-state index is 14.7. The van der Waals surface area contributed by atoms with Crippen molar-refractivity contribution in [2.45, 2.75) is 0 Å². The van der Waals surface area contributed by atoms with E-state index in [1.807, 2.05) is 4.90 Å². The number of carbonyl (C=O) groups excluding carboxylic acids is 1. The number of morpholine rings is 1. The van der Waals surface area contributed by atoms with Gasteiger partial charge in [-0.05, 0) is 30.3 Å². The number of methoxy groups -OCH3 is 1. The molecule has 2 heterocycles. The molecule has 1 aliphatic rings. The smallest absolute Gasteiger partial charge is 0.284 e. The number of halogens is 3. The molecule has 1 aromatic heterocycles. The van der Waals surface area contributed by atoms with Crippen LogP contribution in [0.4, 0.5) is 26.0 Å². The van der Waals surface area contributed by atoms with Gasteiger partial charge in [0.1, 0.15) is 30.3 Å². The van der Waals surface area contributed by atoms with Gasteiger partial charge >= 0.3 is 0 Å². The summed E-state index contributed by atoms with van der Waals surface area (Å²) in [5, 5.41) is 6.11. The SMILES string of the molecule is COCCOc1cc2ncnc(Nc3ccc(F)c(Cl)c3)c2cc1NC(=O)C(F)=CCN1CCOCC1. The van der Waals surface area contributed by atoms with Crippen LogP contribution in [-0.2, 0) is 14.3 Å². The number of aromatic nitrogens is 2. The fourth-order valence-electron chi connectivity index (χ4n) is 3.61. The first-order chi connectivity index (χ1) is 17.9. The standard InChI is InChI=1S/C25H26ClF2N5O4/c1-35-10-11-37-23-14-21-17(24(30-15-29-21)31-16-2-3-19(27)18(26)12-16)13-22(23)32-25(34)20(28)4-5-33-6-8-36-9-7-33/h2-4,12-15H,5-11H2,1H3,(H,32,34)(H,29,30,31). The van der Waals surface area contributed by atoms with Crippen LogP contribution in [0, 0.1) is 5.82 Å². The summed E-state index contributed by atoms with van der Waals surface area (Å²) in [4.78, 5) is 23.2. The normalized spacial score (nSPS) is 14.5. The second kappa shape index (κ2) is 12.7. The fourth-order valence-corrected chi connectivity index (χ4v) is 3.79. The first-order valence-electron chi connectivity index (χ1n) is 11.5. The van der Waals surface area contributed by atoms with Crippen molar-refractivity contribution in [1.82, 2.24) is 14.9 Å². The molecule has 4 rings (SSSR count). The highest BCUT2D eigenvalue weighted by Gasteiger charge is 2.17. The molecule has 2 N–H and O–H groups in total. The summed E-state index contributed by atoms with van der Waals surface area (Å²) in [6.45, 7) is 3.28. The number of hydrogen-bond acceptors (Lipinski definition) is 8. The molecule has 1 saturated heterocycles. The second-order valence-electron chi connectivity index (χ2n) is 8.10. The van der Waals surface area contributed by atoms with E-state index in [9.17, 15) is 13.6 Å². The van der Waals surface area contributed by atoms with Gasteiger partial charge in [-0.25, -0.2) is 18.7 Å². The summed E-state index contributed by atoms with van der Waals surface area (Å²) in [5.41, 5.74) is 1.22. The lowest BCUT2D eigenvalue weighted by Crippen LogP contribution is -2.36. The Labute approximate surface area is 217 Å². The molecule has 196 valence electrons. The first kappa shape index (κ1) is 26.7. The van der Waals surface area contributed by atoms with Crippen LogP contribution in [0.5, 0.6) is 5.75 Å². The highest BCUT2D eigenvalue weighted by atomic mass is 35.5. The minimum Gasteiger partial charge on any atom is -0.489 e. The molecule has 1 aliphatic heterocycles. The molecule has 0 spiro atoms. The van der Waals surface area contributed by atoms with Crippen molar-refractivity contribution in [3.05, 3.63) is 59.4 Å². The zero-order chi connectivity index (χ0) is 26.2. The molecule has 12 heteroatoms. The molecule has 2 aromatic carbocycles. The molecule has 0 atom stereocenters. The van der Waals surface area contributed by atoms with Gasteiger partial charge in [0.2, 0.25) is 0 Å². The minimum atomic E-state index is -0.918. The molecule has 3 aromatic rings. The summed E-state index contributed by atoms with van der Waals surface area (Å²) in [7, 11) is 1.54. The van der Waals surface area contributed by atoms with E-state index in [0.717, 1.165) is 0 Å². The van der Waals surface area contributed by atoms with Crippen molar-refractivity contribution >= 4 is 45.6 Å². The topological polar surface area (TPSA) is 97.8 Å². The molecular formula is C25H26ClF2N5O4. The number of benzene rings is 2. The Morgan fingerprint density at radius 2 is 2.03 bits per heavy atom. The fraction of sp³-hybridized carbons (Fsp3) is 0.320. The third-order valence-electron chi connectivity index (χ3n) is 5.56. The zero-order valence-corrected chi connectivity index (χ0v) is 20.9. The number of nitrogens with zero attached hydrogens (tertiary/aromatic N) is 3. The van der Waals surface area contributed by atoms with E-state index in [2.05, 4.69) is 20.6 Å². The summed E-state index contributed by atoms with van der Waals surface area (Å²) in [5.74, 6) is -1.73. The predicted molar refractivity (Wildman–Crippen MR) is 137 cm³/mol. The van der Waals surface area contributed by atoms with E-state index in [1.54, 1.807) is 12.1 Å². The lowest BCUT2D eigenvalue weighted by atomic mass is 10.1. The molecule has 0 aliphatic carbocycles. The molecule has 0 saturated carbocycles. The van der Waals surface area contributed by atoms with E-state index in [4.69, 9.17) is 25.8 Å². The molecule has 0 radical (unpaired) electrons.